The number of rotatable bonds is 3. The zero-order valence-corrected chi connectivity index (χ0v) is 14.0. The highest BCUT2D eigenvalue weighted by Crippen LogP contribution is 2.44. The van der Waals surface area contributed by atoms with Gasteiger partial charge in [0.25, 0.3) is 0 Å². The molecule has 21 heavy (non-hydrogen) atoms. The van der Waals surface area contributed by atoms with E-state index < -0.39 is 16.1 Å². The number of carbonyl (C=O) groups is 1. The van der Waals surface area contributed by atoms with Crippen LogP contribution in [0.25, 0.3) is 0 Å². The van der Waals surface area contributed by atoms with E-state index in [4.69, 9.17) is 11.6 Å². The minimum Gasteiger partial charge on any atom is -0.310 e. The summed E-state index contributed by atoms with van der Waals surface area (Å²) < 4.78 is 24.9. The summed E-state index contributed by atoms with van der Waals surface area (Å²) >= 11 is 6.26. The molecule has 5 nitrogen and oxygen atoms in total. The topological polar surface area (TPSA) is 66.5 Å². The van der Waals surface area contributed by atoms with E-state index in [1.165, 1.54) is 0 Å². The Hall–Kier alpha value is -1.11. The van der Waals surface area contributed by atoms with E-state index in [0.717, 1.165) is 17.5 Å². The molecule has 1 amide bonds. The Bertz CT molecular complexity index is 685. The lowest BCUT2D eigenvalue weighted by molar-refractivity contribution is -0.119. The zero-order chi connectivity index (χ0) is 16.0. The van der Waals surface area contributed by atoms with Crippen molar-refractivity contribution < 1.29 is 13.2 Å². The average Bonchev–Trinajstić information content (AvgIpc) is 2.59. The molecule has 1 aromatic rings. The van der Waals surface area contributed by atoms with Gasteiger partial charge in [-0.2, -0.15) is 0 Å². The number of halogens is 1. The van der Waals surface area contributed by atoms with Gasteiger partial charge in [0.1, 0.15) is 0 Å². The predicted molar refractivity (Wildman–Crippen MR) is 84.3 cm³/mol. The number of anilines is 1. The third kappa shape index (κ3) is 3.22. The van der Waals surface area contributed by atoms with Gasteiger partial charge < -0.3 is 4.90 Å². The maximum atomic E-state index is 12.5. The number of benzene rings is 1. The molecular formula is C14H19ClN2O3S. The molecule has 0 spiro atoms. The second-order valence-electron chi connectivity index (χ2n) is 6.05. The molecule has 1 N–H and O–H groups in total. The van der Waals surface area contributed by atoms with Crippen LogP contribution in [0.3, 0.4) is 0 Å². The van der Waals surface area contributed by atoms with Crippen molar-refractivity contribution in [1.29, 1.82) is 0 Å². The van der Waals surface area contributed by atoms with E-state index in [1.807, 2.05) is 19.9 Å². The Kier molecular flexibility index (Phi) is 4.08. The maximum absolute atomic E-state index is 12.5. The first-order valence-corrected chi connectivity index (χ1v) is 8.87. The van der Waals surface area contributed by atoms with Gasteiger partial charge in [-0.1, -0.05) is 31.5 Å². The highest BCUT2D eigenvalue weighted by Gasteiger charge is 2.40. The highest BCUT2D eigenvalue weighted by molar-refractivity contribution is 7.88. The van der Waals surface area contributed by atoms with E-state index in [0.29, 0.717) is 11.6 Å². The molecule has 1 unspecified atom stereocenters. The highest BCUT2D eigenvalue weighted by atomic mass is 35.5. The molecule has 1 atom stereocenters. The molecule has 0 radical (unpaired) electrons. The fraction of sp³-hybridized carbons (Fsp3) is 0.500. The third-order valence-corrected chi connectivity index (χ3v) is 4.64. The molecule has 1 aliphatic rings. The van der Waals surface area contributed by atoms with Crippen LogP contribution < -0.4 is 9.62 Å². The van der Waals surface area contributed by atoms with Gasteiger partial charge in [-0.3, -0.25) is 4.79 Å². The molecular weight excluding hydrogens is 312 g/mol. The molecule has 0 aromatic heterocycles. The van der Waals surface area contributed by atoms with Crippen LogP contribution in [0.1, 0.15) is 26.3 Å². The van der Waals surface area contributed by atoms with Crippen LogP contribution in [-0.4, -0.2) is 33.2 Å². The van der Waals surface area contributed by atoms with Gasteiger partial charge in [-0.05, 0) is 19.1 Å². The van der Waals surface area contributed by atoms with Crippen molar-refractivity contribution in [2.75, 3.05) is 17.7 Å². The fourth-order valence-electron chi connectivity index (χ4n) is 2.77. The number of sulfonamides is 1. The van der Waals surface area contributed by atoms with Crippen LogP contribution in [0.4, 0.5) is 5.69 Å². The summed E-state index contributed by atoms with van der Waals surface area (Å²) in [5, 5.41) is 0.622. The summed E-state index contributed by atoms with van der Waals surface area (Å²) in [5.41, 5.74) is 1.40. The largest absolute Gasteiger partial charge is 0.310 e. The molecule has 0 saturated heterocycles. The zero-order valence-electron chi connectivity index (χ0n) is 12.5. The Balaban J connectivity index is 2.36. The van der Waals surface area contributed by atoms with Crippen molar-refractivity contribution in [3.63, 3.8) is 0 Å². The van der Waals surface area contributed by atoms with Gasteiger partial charge in [-0.15, -0.1) is 0 Å². The van der Waals surface area contributed by atoms with Crippen LogP contribution in [0, 0.1) is 0 Å². The molecule has 1 heterocycles. The number of hydrogen-bond donors (Lipinski definition) is 1. The van der Waals surface area contributed by atoms with Gasteiger partial charge in [0, 0.05) is 28.2 Å². The molecule has 116 valence electrons. The molecule has 0 aliphatic carbocycles. The molecule has 7 heteroatoms. The van der Waals surface area contributed by atoms with E-state index in [-0.39, 0.29) is 11.3 Å². The van der Waals surface area contributed by atoms with Gasteiger partial charge in [0.2, 0.25) is 15.9 Å². The molecule has 0 saturated carbocycles. The number of nitrogens with zero attached hydrogens (tertiary/aromatic N) is 1. The van der Waals surface area contributed by atoms with Crippen molar-refractivity contribution in [1.82, 2.24) is 4.72 Å². The molecule has 2 rings (SSSR count). The van der Waals surface area contributed by atoms with Crippen molar-refractivity contribution >= 4 is 33.2 Å². The third-order valence-electron chi connectivity index (χ3n) is 3.54. The minimum atomic E-state index is -3.44. The van der Waals surface area contributed by atoms with Crippen LogP contribution in [0.2, 0.25) is 5.02 Å². The summed E-state index contributed by atoms with van der Waals surface area (Å²) in [7, 11) is -3.44. The van der Waals surface area contributed by atoms with Gasteiger partial charge in [0.05, 0.1) is 12.3 Å². The number of hydrogen-bond acceptors (Lipinski definition) is 3. The predicted octanol–water partition coefficient (Wildman–Crippen LogP) is 1.90. The quantitative estimate of drug-likeness (QED) is 0.920. The SMILES string of the molecule is CC(NS(C)(=O)=O)C(=O)N1CC(C)(C)c2c(Cl)cccc21. The second-order valence-corrected chi connectivity index (χ2v) is 8.24. The van der Waals surface area contributed by atoms with Crippen LogP contribution >= 0.6 is 11.6 Å². The van der Waals surface area contributed by atoms with Gasteiger partial charge in [-0.25, -0.2) is 13.1 Å². The first-order chi connectivity index (χ1) is 9.53. The number of nitrogens with one attached hydrogen (secondary N) is 1. The normalized spacial score (nSPS) is 18.4. The lowest BCUT2D eigenvalue weighted by Crippen LogP contribution is -2.47. The summed E-state index contributed by atoms with van der Waals surface area (Å²) in [4.78, 5) is 14.1. The van der Waals surface area contributed by atoms with Crippen molar-refractivity contribution in [2.45, 2.75) is 32.2 Å². The van der Waals surface area contributed by atoms with Crippen LogP contribution in [0.5, 0.6) is 0 Å². The first-order valence-electron chi connectivity index (χ1n) is 6.60. The Morgan fingerprint density at radius 2 is 2.05 bits per heavy atom. The minimum absolute atomic E-state index is 0.270. The summed E-state index contributed by atoms with van der Waals surface area (Å²) in [5.74, 6) is -0.283. The van der Waals surface area contributed by atoms with Gasteiger partial charge >= 0.3 is 0 Å². The van der Waals surface area contributed by atoms with Gasteiger partial charge in [0.15, 0.2) is 0 Å². The Morgan fingerprint density at radius 1 is 1.43 bits per heavy atom. The molecule has 0 fully saturated rings. The van der Waals surface area contributed by atoms with E-state index in [9.17, 15) is 13.2 Å². The van der Waals surface area contributed by atoms with Crippen LogP contribution in [0.15, 0.2) is 18.2 Å². The fourth-order valence-corrected chi connectivity index (χ4v) is 3.94. The number of amides is 1. The van der Waals surface area contributed by atoms with Crippen molar-refractivity contribution in [3.05, 3.63) is 28.8 Å². The molecule has 1 aromatic carbocycles. The monoisotopic (exact) mass is 330 g/mol. The number of carbonyl (C=O) groups excluding carboxylic acids is 1. The summed E-state index contributed by atoms with van der Waals surface area (Å²) in [6.45, 7) is 6.04. The standard InChI is InChI=1S/C14H19ClN2O3S/c1-9(16-21(4,19)20)13(18)17-8-14(2,3)12-10(15)6-5-7-11(12)17/h5-7,9,16H,8H2,1-4H3. The Labute approximate surface area is 130 Å². The Morgan fingerprint density at radius 3 is 2.62 bits per heavy atom. The van der Waals surface area contributed by atoms with E-state index in [2.05, 4.69) is 4.72 Å². The first kappa shape index (κ1) is 16.3. The lowest BCUT2D eigenvalue weighted by Gasteiger charge is -2.23. The summed E-state index contributed by atoms with van der Waals surface area (Å²) in [6.07, 6.45) is 1.04. The summed E-state index contributed by atoms with van der Waals surface area (Å²) in [6, 6.07) is 4.60. The van der Waals surface area contributed by atoms with Crippen molar-refractivity contribution in [3.8, 4) is 0 Å². The van der Waals surface area contributed by atoms with E-state index >= 15 is 0 Å². The smallest absolute Gasteiger partial charge is 0.244 e. The average molecular weight is 331 g/mol. The lowest BCUT2D eigenvalue weighted by atomic mass is 9.87. The van der Waals surface area contributed by atoms with E-state index in [1.54, 1.807) is 24.0 Å². The van der Waals surface area contributed by atoms with Crippen LogP contribution in [-0.2, 0) is 20.2 Å². The van der Waals surface area contributed by atoms with Crippen molar-refractivity contribution in [2.24, 2.45) is 0 Å². The maximum Gasteiger partial charge on any atom is 0.244 e. The molecule has 1 aliphatic heterocycles. The molecule has 0 bridgehead atoms. The second kappa shape index (κ2) is 5.26. The number of fused-ring (bicyclic) bond motifs is 1.